The Bertz CT molecular complexity index is 358. The van der Waals surface area contributed by atoms with E-state index in [4.69, 9.17) is 15.5 Å². The van der Waals surface area contributed by atoms with E-state index < -0.39 is 33.9 Å². The normalized spacial score (nSPS) is 15.3. The van der Waals surface area contributed by atoms with Crippen LogP contribution < -0.4 is 4.72 Å². The zero-order valence-electron chi connectivity index (χ0n) is 8.04. The monoisotopic (exact) mass is 236 g/mol. The number of carboxylic acids is 1. The number of sulfonamides is 1. The molecule has 0 bridgehead atoms. The maximum absolute atomic E-state index is 11.3. The van der Waals surface area contributed by atoms with Crippen LogP contribution >= 0.6 is 0 Å². The Labute approximate surface area is 87.4 Å². The molecule has 0 radical (unpaired) electrons. The topological polar surface area (TPSA) is 127 Å². The van der Waals surface area contributed by atoms with Crippen LogP contribution in [0.2, 0.25) is 0 Å². The highest BCUT2D eigenvalue weighted by atomic mass is 32.2. The van der Waals surface area contributed by atoms with Crippen molar-refractivity contribution in [3.63, 3.8) is 0 Å². The van der Waals surface area contributed by atoms with Crippen molar-refractivity contribution >= 4 is 16.0 Å². The number of hydrogen-bond donors (Lipinski definition) is 3. The van der Waals surface area contributed by atoms with E-state index in [1.165, 1.54) is 6.92 Å². The summed E-state index contributed by atoms with van der Waals surface area (Å²) in [6.45, 7) is 0.872. The molecule has 0 saturated carbocycles. The molecule has 3 N–H and O–H groups in total. The van der Waals surface area contributed by atoms with Crippen LogP contribution in [0.15, 0.2) is 0 Å². The van der Waals surface area contributed by atoms with Crippen LogP contribution in [0.5, 0.6) is 0 Å². The van der Waals surface area contributed by atoms with Gasteiger partial charge in [-0.3, -0.25) is 0 Å². The Morgan fingerprint density at radius 1 is 1.60 bits per heavy atom. The fourth-order valence-corrected chi connectivity index (χ4v) is 1.93. The summed E-state index contributed by atoms with van der Waals surface area (Å²) in [5.74, 6) is -1.53. The first-order valence-corrected chi connectivity index (χ1v) is 5.68. The van der Waals surface area contributed by atoms with Gasteiger partial charge in [0.1, 0.15) is 0 Å². The zero-order chi connectivity index (χ0) is 12.1. The third-order valence-electron chi connectivity index (χ3n) is 1.65. The molecule has 2 unspecified atom stereocenters. The second-order valence-corrected chi connectivity index (χ2v) is 4.72. The molecule has 0 aromatic carbocycles. The SMILES string of the molecule is CCC(C#N)S(=O)(=O)NCC(O)C(=O)O. The van der Waals surface area contributed by atoms with E-state index in [0.29, 0.717) is 0 Å². The second-order valence-electron chi connectivity index (χ2n) is 2.77. The summed E-state index contributed by atoms with van der Waals surface area (Å²) in [6, 6.07) is 1.57. The molecule has 0 aliphatic rings. The highest BCUT2D eigenvalue weighted by Gasteiger charge is 2.25. The van der Waals surface area contributed by atoms with Crippen LogP contribution in [0, 0.1) is 11.3 Å². The summed E-state index contributed by atoms with van der Waals surface area (Å²) in [4.78, 5) is 10.2. The van der Waals surface area contributed by atoms with Crippen molar-refractivity contribution < 1.29 is 23.4 Å². The van der Waals surface area contributed by atoms with Gasteiger partial charge < -0.3 is 10.2 Å². The van der Waals surface area contributed by atoms with Gasteiger partial charge in [-0.25, -0.2) is 17.9 Å². The molecule has 0 aromatic rings. The predicted octanol–water partition coefficient (Wildman–Crippen LogP) is -1.35. The number of rotatable bonds is 6. The van der Waals surface area contributed by atoms with E-state index in [1.54, 1.807) is 6.07 Å². The lowest BCUT2D eigenvalue weighted by molar-refractivity contribution is -0.146. The van der Waals surface area contributed by atoms with Gasteiger partial charge in [-0.2, -0.15) is 5.26 Å². The van der Waals surface area contributed by atoms with Crippen LogP contribution in [0.25, 0.3) is 0 Å². The van der Waals surface area contributed by atoms with Crippen molar-refractivity contribution in [2.75, 3.05) is 6.54 Å². The van der Waals surface area contributed by atoms with Gasteiger partial charge in [0.05, 0.1) is 6.07 Å². The molecule has 0 heterocycles. The maximum atomic E-state index is 11.3. The van der Waals surface area contributed by atoms with Crippen LogP contribution in [-0.4, -0.2) is 42.5 Å². The van der Waals surface area contributed by atoms with E-state index in [-0.39, 0.29) is 6.42 Å². The average Bonchev–Trinajstić information content (AvgIpc) is 2.15. The number of carboxylic acid groups (broad SMARTS) is 1. The third-order valence-corrected chi connectivity index (χ3v) is 3.41. The number of hydrogen-bond acceptors (Lipinski definition) is 5. The van der Waals surface area contributed by atoms with Crippen molar-refractivity contribution in [3.8, 4) is 6.07 Å². The molecule has 0 saturated heterocycles. The van der Waals surface area contributed by atoms with Gasteiger partial charge in [-0.15, -0.1) is 0 Å². The summed E-state index contributed by atoms with van der Waals surface area (Å²) in [5.41, 5.74) is 0. The first kappa shape index (κ1) is 13.8. The van der Waals surface area contributed by atoms with E-state index in [0.717, 1.165) is 0 Å². The van der Waals surface area contributed by atoms with Crippen LogP contribution in [0.3, 0.4) is 0 Å². The number of carbonyl (C=O) groups is 1. The standard InChI is InChI=1S/C7H12N2O5S/c1-2-5(3-8)15(13,14)9-4-6(10)7(11)12/h5-6,9-10H,2,4H2,1H3,(H,11,12). The molecule has 0 aliphatic carbocycles. The van der Waals surface area contributed by atoms with Gasteiger partial charge >= 0.3 is 5.97 Å². The largest absolute Gasteiger partial charge is 0.479 e. The number of nitrogens with one attached hydrogen (secondary N) is 1. The highest BCUT2D eigenvalue weighted by molar-refractivity contribution is 7.90. The summed E-state index contributed by atoms with van der Waals surface area (Å²) in [7, 11) is -3.89. The lowest BCUT2D eigenvalue weighted by atomic mass is 10.4. The fourth-order valence-electron chi connectivity index (χ4n) is 0.763. The minimum atomic E-state index is -3.89. The van der Waals surface area contributed by atoms with Gasteiger partial charge in [0.25, 0.3) is 0 Å². The van der Waals surface area contributed by atoms with Crippen LogP contribution in [-0.2, 0) is 14.8 Å². The zero-order valence-corrected chi connectivity index (χ0v) is 8.86. The predicted molar refractivity (Wildman–Crippen MR) is 50.3 cm³/mol. The van der Waals surface area contributed by atoms with Crippen molar-refractivity contribution in [2.24, 2.45) is 0 Å². The fraction of sp³-hybridized carbons (Fsp3) is 0.714. The Morgan fingerprint density at radius 3 is 2.47 bits per heavy atom. The molecule has 15 heavy (non-hydrogen) atoms. The molecule has 86 valence electrons. The molecule has 0 amide bonds. The third kappa shape index (κ3) is 4.24. The summed E-state index contributed by atoms with van der Waals surface area (Å²) < 4.78 is 24.4. The lowest BCUT2D eigenvalue weighted by Gasteiger charge is -2.11. The number of aliphatic hydroxyl groups is 1. The van der Waals surface area contributed by atoms with E-state index in [9.17, 15) is 13.2 Å². The van der Waals surface area contributed by atoms with Crippen molar-refractivity contribution in [2.45, 2.75) is 24.7 Å². The molecule has 2 atom stereocenters. The summed E-state index contributed by atoms with van der Waals surface area (Å²) >= 11 is 0. The molecule has 0 fully saturated rings. The molecule has 8 heteroatoms. The van der Waals surface area contributed by atoms with Crippen molar-refractivity contribution in [3.05, 3.63) is 0 Å². The van der Waals surface area contributed by atoms with Gasteiger partial charge in [0, 0.05) is 6.54 Å². The van der Waals surface area contributed by atoms with Crippen LogP contribution in [0.4, 0.5) is 0 Å². The van der Waals surface area contributed by atoms with Gasteiger partial charge in [-0.1, -0.05) is 6.92 Å². The van der Waals surface area contributed by atoms with E-state index in [2.05, 4.69) is 0 Å². The van der Waals surface area contributed by atoms with Crippen molar-refractivity contribution in [1.29, 1.82) is 5.26 Å². The number of aliphatic hydroxyl groups excluding tert-OH is 1. The summed E-state index contributed by atoms with van der Waals surface area (Å²) in [6.07, 6.45) is -1.72. The maximum Gasteiger partial charge on any atom is 0.333 e. The average molecular weight is 236 g/mol. The second kappa shape index (κ2) is 5.65. The molecule has 7 nitrogen and oxygen atoms in total. The minimum absolute atomic E-state index is 0.0923. The number of aliphatic carboxylic acids is 1. The number of nitriles is 1. The van der Waals surface area contributed by atoms with Gasteiger partial charge in [0.15, 0.2) is 11.4 Å². The molecule has 0 aliphatic heterocycles. The van der Waals surface area contributed by atoms with Gasteiger partial charge in [-0.05, 0) is 6.42 Å². The minimum Gasteiger partial charge on any atom is -0.479 e. The van der Waals surface area contributed by atoms with Crippen LogP contribution in [0.1, 0.15) is 13.3 Å². The Balaban J connectivity index is 4.42. The molecule has 0 spiro atoms. The lowest BCUT2D eigenvalue weighted by Crippen LogP contribution is -2.40. The summed E-state index contributed by atoms with van der Waals surface area (Å²) in [5, 5.41) is 24.3. The Kier molecular flexibility index (Phi) is 5.21. The Morgan fingerprint density at radius 2 is 2.13 bits per heavy atom. The quantitative estimate of drug-likeness (QED) is 0.523. The number of nitrogens with zero attached hydrogens (tertiary/aromatic N) is 1. The molecular weight excluding hydrogens is 224 g/mol. The van der Waals surface area contributed by atoms with Gasteiger partial charge in [0.2, 0.25) is 10.0 Å². The highest BCUT2D eigenvalue weighted by Crippen LogP contribution is 2.02. The molecular formula is C7H12N2O5S. The first-order chi connectivity index (χ1) is 6.85. The Hall–Kier alpha value is -1.17. The van der Waals surface area contributed by atoms with E-state index in [1.807, 2.05) is 4.72 Å². The van der Waals surface area contributed by atoms with E-state index >= 15 is 0 Å². The molecule has 0 aromatic heterocycles. The smallest absolute Gasteiger partial charge is 0.333 e. The van der Waals surface area contributed by atoms with Crippen molar-refractivity contribution in [1.82, 2.24) is 4.72 Å². The first-order valence-electron chi connectivity index (χ1n) is 4.14. The molecule has 0 rings (SSSR count).